The Bertz CT molecular complexity index is 500. The van der Waals surface area contributed by atoms with Gasteiger partial charge in [0, 0.05) is 42.8 Å². The first-order chi connectivity index (χ1) is 10.1. The molecule has 3 nitrogen and oxygen atoms in total. The third-order valence-corrected chi connectivity index (χ3v) is 5.10. The van der Waals surface area contributed by atoms with Crippen molar-refractivity contribution in [1.82, 2.24) is 10.2 Å². The summed E-state index contributed by atoms with van der Waals surface area (Å²) in [5.41, 5.74) is 1.04. The summed E-state index contributed by atoms with van der Waals surface area (Å²) < 4.78 is 19.2. The van der Waals surface area contributed by atoms with Gasteiger partial charge in [-0.1, -0.05) is 18.9 Å². The van der Waals surface area contributed by atoms with Crippen LogP contribution in [0.5, 0.6) is 5.75 Å². The highest BCUT2D eigenvalue weighted by Crippen LogP contribution is 2.33. The summed E-state index contributed by atoms with van der Waals surface area (Å²) in [4.78, 5) is 2.42. The summed E-state index contributed by atoms with van der Waals surface area (Å²) >= 11 is 0. The van der Waals surface area contributed by atoms with Crippen LogP contribution in [-0.4, -0.2) is 36.7 Å². The van der Waals surface area contributed by atoms with Crippen molar-refractivity contribution in [1.29, 1.82) is 0 Å². The van der Waals surface area contributed by atoms with E-state index in [1.807, 2.05) is 12.1 Å². The Morgan fingerprint density at radius 1 is 1.38 bits per heavy atom. The topological polar surface area (TPSA) is 24.5 Å². The van der Waals surface area contributed by atoms with Gasteiger partial charge in [0.1, 0.15) is 11.6 Å². The van der Waals surface area contributed by atoms with Crippen LogP contribution in [0.25, 0.3) is 0 Å². The predicted octanol–water partition coefficient (Wildman–Crippen LogP) is 2.94. The van der Waals surface area contributed by atoms with Gasteiger partial charge in [0.15, 0.2) is 0 Å². The molecule has 1 N–H and O–H groups in total. The third-order valence-electron chi connectivity index (χ3n) is 5.10. The molecule has 0 radical (unpaired) electrons. The first-order valence-corrected chi connectivity index (χ1v) is 7.93. The lowest BCUT2D eigenvalue weighted by molar-refractivity contribution is 0.0816. The molecular formula is C17H25FN2O. The minimum Gasteiger partial charge on any atom is -0.497 e. The van der Waals surface area contributed by atoms with E-state index in [2.05, 4.69) is 17.1 Å². The Hall–Kier alpha value is -1.13. The van der Waals surface area contributed by atoms with Crippen LogP contribution in [0.1, 0.15) is 38.2 Å². The minimum absolute atomic E-state index is 0.166. The highest BCUT2D eigenvalue weighted by atomic mass is 19.1. The molecule has 1 spiro atoms. The van der Waals surface area contributed by atoms with Crippen LogP contribution >= 0.6 is 0 Å². The van der Waals surface area contributed by atoms with Crippen LogP contribution in [0.2, 0.25) is 0 Å². The monoisotopic (exact) mass is 292 g/mol. The molecule has 1 heterocycles. The molecule has 2 fully saturated rings. The van der Waals surface area contributed by atoms with Crippen LogP contribution in [0, 0.1) is 5.82 Å². The van der Waals surface area contributed by atoms with Crippen molar-refractivity contribution in [3.05, 3.63) is 29.6 Å². The molecule has 0 bridgehead atoms. The molecule has 4 heteroatoms. The van der Waals surface area contributed by atoms with E-state index in [1.165, 1.54) is 31.7 Å². The summed E-state index contributed by atoms with van der Waals surface area (Å²) in [6, 6.07) is 5.62. The van der Waals surface area contributed by atoms with Crippen LogP contribution in [0.4, 0.5) is 4.39 Å². The van der Waals surface area contributed by atoms with Gasteiger partial charge < -0.3 is 10.1 Å². The average molecular weight is 292 g/mol. The zero-order valence-electron chi connectivity index (χ0n) is 13.0. The van der Waals surface area contributed by atoms with Crippen molar-refractivity contribution in [2.24, 2.45) is 0 Å². The predicted molar refractivity (Wildman–Crippen MR) is 82.0 cm³/mol. The molecule has 3 rings (SSSR count). The van der Waals surface area contributed by atoms with Crippen LogP contribution in [0.15, 0.2) is 18.2 Å². The number of benzene rings is 1. The van der Waals surface area contributed by atoms with Crippen LogP contribution in [0.3, 0.4) is 0 Å². The van der Waals surface area contributed by atoms with E-state index in [1.54, 1.807) is 7.11 Å². The van der Waals surface area contributed by atoms with Gasteiger partial charge >= 0.3 is 0 Å². The van der Waals surface area contributed by atoms with E-state index in [-0.39, 0.29) is 11.4 Å². The summed E-state index contributed by atoms with van der Waals surface area (Å²) in [6.45, 7) is 4.92. The van der Waals surface area contributed by atoms with Gasteiger partial charge in [-0.15, -0.1) is 0 Å². The van der Waals surface area contributed by atoms with Crippen molar-refractivity contribution < 1.29 is 9.13 Å². The molecule has 1 aliphatic heterocycles. The molecule has 21 heavy (non-hydrogen) atoms. The van der Waals surface area contributed by atoms with Crippen molar-refractivity contribution >= 4 is 0 Å². The van der Waals surface area contributed by atoms with E-state index >= 15 is 0 Å². The molecule has 0 amide bonds. The normalized spacial score (nSPS) is 25.4. The molecule has 1 aromatic carbocycles. The quantitative estimate of drug-likeness (QED) is 0.927. The summed E-state index contributed by atoms with van der Waals surface area (Å²) in [5.74, 6) is 0.414. The SMILES string of the molecule is COc1ccc(CN2CC3(CCCC3)NCC2C)c(F)c1. The van der Waals surface area contributed by atoms with Gasteiger partial charge in [-0.2, -0.15) is 0 Å². The molecule has 1 saturated heterocycles. The average Bonchev–Trinajstić information content (AvgIpc) is 2.93. The molecule has 1 unspecified atom stereocenters. The zero-order valence-corrected chi connectivity index (χ0v) is 13.0. The van der Waals surface area contributed by atoms with Crippen molar-refractivity contribution in [2.45, 2.75) is 50.7 Å². The maximum absolute atomic E-state index is 14.2. The smallest absolute Gasteiger partial charge is 0.131 e. The Morgan fingerprint density at radius 3 is 2.81 bits per heavy atom. The second-order valence-corrected chi connectivity index (χ2v) is 6.58. The first-order valence-electron chi connectivity index (χ1n) is 7.93. The van der Waals surface area contributed by atoms with E-state index < -0.39 is 0 Å². The number of nitrogens with one attached hydrogen (secondary N) is 1. The fraction of sp³-hybridized carbons (Fsp3) is 0.647. The lowest BCUT2D eigenvalue weighted by Gasteiger charge is -2.45. The van der Waals surface area contributed by atoms with Gasteiger partial charge in [-0.25, -0.2) is 4.39 Å². The number of ether oxygens (including phenoxy) is 1. The van der Waals surface area contributed by atoms with Crippen molar-refractivity contribution in [3.8, 4) is 5.75 Å². The third kappa shape index (κ3) is 3.06. The first kappa shape index (κ1) is 14.8. The minimum atomic E-state index is -0.166. The van der Waals surface area contributed by atoms with Gasteiger partial charge in [-0.3, -0.25) is 4.90 Å². The van der Waals surface area contributed by atoms with Gasteiger partial charge in [0.25, 0.3) is 0 Å². The molecule has 1 atom stereocenters. The van der Waals surface area contributed by atoms with Gasteiger partial charge in [-0.05, 0) is 25.8 Å². The zero-order chi connectivity index (χ0) is 14.9. The Morgan fingerprint density at radius 2 is 2.14 bits per heavy atom. The van der Waals surface area contributed by atoms with E-state index in [4.69, 9.17) is 4.74 Å². The fourth-order valence-corrected chi connectivity index (χ4v) is 3.69. The van der Waals surface area contributed by atoms with Gasteiger partial charge in [0.2, 0.25) is 0 Å². The molecule has 1 saturated carbocycles. The lowest BCUT2D eigenvalue weighted by Crippen LogP contribution is -2.62. The highest BCUT2D eigenvalue weighted by molar-refractivity contribution is 5.29. The second-order valence-electron chi connectivity index (χ2n) is 6.58. The lowest BCUT2D eigenvalue weighted by atomic mass is 9.92. The summed E-state index contributed by atoms with van der Waals surface area (Å²) in [5, 5.41) is 3.74. The van der Waals surface area contributed by atoms with Crippen LogP contribution < -0.4 is 10.1 Å². The maximum Gasteiger partial charge on any atom is 0.131 e. The number of hydrogen-bond donors (Lipinski definition) is 1. The number of nitrogens with zero attached hydrogens (tertiary/aromatic N) is 1. The van der Waals surface area contributed by atoms with Gasteiger partial charge in [0.05, 0.1) is 7.11 Å². The summed E-state index contributed by atoms with van der Waals surface area (Å²) in [6.07, 6.45) is 5.13. The van der Waals surface area contributed by atoms with Crippen molar-refractivity contribution in [2.75, 3.05) is 20.2 Å². The summed E-state index contributed by atoms with van der Waals surface area (Å²) in [7, 11) is 1.57. The van der Waals surface area contributed by atoms with Crippen molar-refractivity contribution in [3.63, 3.8) is 0 Å². The Labute approximate surface area is 126 Å². The number of piperazine rings is 1. The molecule has 2 aliphatic rings. The molecular weight excluding hydrogens is 267 g/mol. The highest BCUT2D eigenvalue weighted by Gasteiger charge is 2.39. The Kier molecular flexibility index (Phi) is 4.18. The second kappa shape index (κ2) is 5.93. The maximum atomic E-state index is 14.2. The Balaban J connectivity index is 1.73. The number of hydrogen-bond acceptors (Lipinski definition) is 3. The standard InChI is InChI=1S/C17H25FN2O/c1-13-10-19-17(7-3-4-8-17)12-20(13)11-14-5-6-15(21-2)9-16(14)18/h5-6,9,13,19H,3-4,7-8,10-12H2,1-2H3. The number of halogens is 1. The number of rotatable bonds is 3. The van der Waals surface area contributed by atoms with E-state index in [0.717, 1.165) is 18.7 Å². The van der Waals surface area contributed by atoms with E-state index in [9.17, 15) is 4.39 Å². The van der Waals surface area contributed by atoms with Crippen LogP contribution in [-0.2, 0) is 6.54 Å². The molecule has 1 aliphatic carbocycles. The fourth-order valence-electron chi connectivity index (χ4n) is 3.69. The molecule has 0 aromatic heterocycles. The largest absolute Gasteiger partial charge is 0.497 e. The van der Waals surface area contributed by atoms with E-state index in [0.29, 0.717) is 18.3 Å². The molecule has 116 valence electrons. The molecule has 1 aromatic rings. The number of methoxy groups -OCH3 is 1.